The van der Waals surface area contributed by atoms with E-state index >= 15 is 0 Å². The quantitative estimate of drug-likeness (QED) is 0.293. The third-order valence-corrected chi connectivity index (χ3v) is 6.14. The average Bonchev–Trinajstić information content (AvgIpc) is 3.18. The number of aromatic nitrogens is 2. The topological polar surface area (TPSA) is 56.0 Å². The van der Waals surface area contributed by atoms with Gasteiger partial charge in [-0.3, -0.25) is 5.10 Å². The van der Waals surface area contributed by atoms with Crippen LogP contribution in [0.25, 0.3) is 10.9 Å². The fourth-order valence-electron chi connectivity index (χ4n) is 4.25. The van der Waals surface area contributed by atoms with Gasteiger partial charge in [0.1, 0.15) is 0 Å². The zero-order valence-electron chi connectivity index (χ0n) is 18.1. The van der Waals surface area contributed by atoms with Crippen LogP contribution in [0.5, 0.6) is 0 Å². The summed E-state index contributed by atoms with van der Waals surface area (Å²) in [6.45, 7) is 5.85. The van der Waals surface area contributed by atoms with Crippen LogP contribution in [0.15, 0.2) is 48.5 Å². The van der Waals surface area contributed by atoms with Crippen LogP contribution >= 0.6 is 24.6 Å². The van der Waals surface area contributed by atoms with Crippen LogP contribution in [0.1, 0.15) is 50.6 Å². The molecule has 2 aromatic carbocycles. The SMILES string of the molecule is CCCCCN1CCC(c2n[nH]c3ccc(NC(=S)Nc4ccccc4)cc23)CC1.Cl. The predicted molar refractivity (Wildman–Crippen MR) is 138 cm³/mol. The van der Waals surface area contributed by atoms with Gasteiger partial charge in [-0.1, -0.05) is 38.0 Å². The van der Waals surface area contributed by atoms with Gasteiger partial charge in [0.2, 0.25) is 0 Å². The van der Waals surface area contributed by atoms with Crippen LogP contribution in [-0.4, -0.2) is 39.8 Å². The lowest BCUT2D eigenvalue weighted by molar-refractivity contribution is 0.207. The number of halogens is 1. The number of aromatic amines is 1. The van der Waals surface area contributed by atoms with E-state index in [1.165, 1.54) is 62.8 Å². The van der Waals surface area contributed by atoms with E-state index in [-0.39, 0.29) is 12.4 Å². The molecule has 0 unspecified atom stereocenters. The molecule has 0 saturated carbocycles. The first-order chi connectivity index (χ1) is 14.7. The lowest BCUT2D eigenvalue weighted by Gasteiger charge is -2.31. The van der Waals surface area contributed by atoms with Crippen LogP contribution in [0, 0.1) is 0 Å². The van der Waals surface area contributed by atoms with Gasteiger partial charge in [-0.15, -0.1) is 12.4 Å². The molecule has 4 rings (SSSR count). The largest absolute Gasteiger partial charge is 0.332 e. The highest BCUT2D eigenvalue weighted by molar-refractivity contribution is 7.80. The number of nitrogens with zero attached hydrogens (tertiary/aromatic N) is 2. The molecule has 1 saturated heterocycles. The highest BCUT2D eigenvalue weighted by Crippen LogP contribution is 2.32. The molecule has 2 heterocycles. The number of piperidine rings is 1. The second-order valence-electron chi connectivity index (χ2n) is 8.14. The third kappa shape index (κ3) is 6.19. The number of hydrogen-bond donors (Lipinski definition) is 3. The van der Waals surface area contributed by atoms with E-state index in [2.05, 4.69) is 44.8 Å². The fourth-order valence-corrected chi connectivity index (χ4v) is 4.49. The highest BCUT2D eigenvalue weighted by atomic mass is 35.5. The Balaban J connectivity index is 0.00000272. The predicted octanol–water partition coefficient (Wildman–Crippen LogP) is 6.16. The molecule has 1 fully saturated rings. The zero-order chi connectivity index (χ0) is 20.8. The van der Waals surface area contributed by atoms with E-state index in [4.69, 9.17) is 12.2 Å². The first kappa shape index (κ1) is 23.5. The molecule has 0 atom stereocenters. The number of unbranched alkanes of at least 4 members (excludes halogenated alkanes) is 2. The average molecular weight is 458 g/mol. The summed E-state index contributed by atoms with van der Waals surface area (Å²) in [7, 11) is 0. The van der Waals surface area contributed by atoms with Gasteiger partial charge < -0.3 is 15.5 Å². The normalized spacial score (nSPS) is 14.9. The molecule has 31 heavy (non-hydrogen) atoms. The summed E-state index contributed by atoms with van der Waals surface area (Å²) in [6, 6.07) is 16.3. The molecule has 0 aliphatic carbocycles. The Kier molecular flexibility index (Phi) is 8.69. The maximum absolute atomic E-state index is 5.48. The second kappa shape index (κ2) is 11.5. The Labute approximate surface area is 196 Å². The molecule has 5 nitrogen and oxygen atoms in total. The second-order valence-corrected chi connectivity index (χ2v) is 8.55. The van der Waals surface area contributed by atoms with Crippen molar-refractivity contribution in [1.82, 2.24) is 15.1 Å². The van der Waals surface area contributed by atoms with E-state index in [1.54, 1.807) is 0 Å². The summed E-state index contributed by atoms with van der Waals surface area (Å²) in [4.78, 5) is 2.61. The standard InChI is InChI=1S/C24H31N5S.ClH/c1-2-3-7-14-29-15-12-18(13-16-29)23-21-17-20(10-11-22(21)27-28-23)26-24(30)25-19-8-5-4-6-9-19;/h4-6,8-11,17-18H,2-3,7,12-16H2,1H3,(H,27,28)(H2,25,26,30);1H. The van der Waals surface area contributed by atoms with Crippen molar-refractivity contribution in [1.29, 1.82) is 0 Å². The van der Waals surface area contributed by atoms with Crippen molar-refractivity contribution in [2.75, 3.05) is 30.3 Å². The molecular weight excluding hydrogens is 426 g/mol. The molecule has 0 radical (unpaired) electrons. The number of benzene rings is 2. The number of rotatable bonds is 7. The fraction of sp³-hybridized carbons (Fsp3) is 0.417. The van der Waals surface area contributed by atoms with Crippen molar-refractivity contribution in [3.8, 4) is 0 Å². The van der Waals surface area contributed by atoms with Gasteiger partial charge in [0, 0.05) is 22.7 Å². The third-order valence-electron chi connectivity index (χ3n) is 5.93. The summed E-state index contributed by atoms with van der Waals surface area (Å²) >= 11 is 5.48. The number of thiocarbonyl (C=S) groups is 1. The molecule has 3 N–H and O–H groups in total. The lowest BCUT2D eigenvalue weighted by Crippen LogP contribution is -2.33. The van der Waals surface area contributed by atoms with Crippen LogP contribution in [0.4, 0.5) is 11.4 Å². The van der Waals surface area contributed by atoms with E-state index in [1.807, 2.05) is 36.4 Å². The zero-order valence-corrected chi connectivity index (χ0v) is 19.7. The molecule has 3 aromatic rings. The lowest BCUT2D eigenvalue weighted by atomic mass is 9.91. The van der Waals surface area contributed by atoms with Crippen molar-refractivity contribution in [3.05, 3.63) is 54.2 Å². The molecule has 166 valence electrons. The molecule has 0 bridgehead atoms. The van der Waals surface area contributed by atoms with Gasteiger partial charge in [0.15, 0.2) is 5.11 Å². The summed E-state index contributed by atoms with van der Waals surface area (Å²) in [5, 5.41) is 16.2. The van der Waals surface area contributed by atoms with Crippen molar-refractivity contribution in [2.24, 2.45) is 0 Å². The molecule has 7 heteroatoms. The molecule has 1 aromatic heterocycles. The maximum Gasteiger partial charge on any atom is 0.175 e. The van der Waals surface area contributed by atoms with Gasteiger partial charge in [-0.2, -0.15) is 5.10 Å². The van der Waals surface area contributed by atoms with E-state index < -0.39 is 0 Å². The van der Waals surface area contributed by atoms with E-state index in [0.717, 1.165) is 16.9 Å². The van der Waals surface area contributed by atoms with Crippen LogP contribution < -0.4 is 10.6 Å². The van der Waals surface area contributed by atoms with Crippen molar-refractivity contribution in [3.63, 3.8) is 0 Å². The van der Waals surface area contributed by atoms with Gasteiger partial charge >= 0.3 is 0 Å². The number of anilines is 2. The van der Waals surface area contributed by atoms with Gasteiger partial charge in [0.05, 0.1) is 11.2 Å². The monoisotopic (exact) mass is 457 g/mol. The summed E-state index contributed by atoms with van der Waals surface area (Å²) in [5.41, 5.74) is 4.24. The molecule has 0 spiro atoms. The minimum absolute atomic E-state index is 0. The number of H-pyrrole nitrogens is 1. The Morgan fingerprint density at radius 1 is 1.06 bits per heavy atom. The van der Waals surface area contributed by atoms with Crippen LogP contribution in [-0.2, 0) is 0 Å². The van der Waals surface area contributed by atoms with E-state index in [0.29, 0.717) is 11.0 Å². The van der Waals surface area contributed by atoms with E-state index in [9.17, 15) is 0 Å². The van der Waals surface area contributed by atoms with Crippen LogP contribution in [0.3, 0.4) is 0 Å². The first-order valence-electron chi connectivity index (χ1n) is 11.1. The Hall–Kier alpha value is -2.15. The van der Waals surface area contributed by atoms with Crippen molar-refractivity contribution >= 4 is 52.0 Å². The molecule has 0 amide bonds. The van der Waals surface area contributed by atoms with Crippen molar-refractivity contribution < 1.29 is 0 Å². The van der Waals surface area contributed by atoms with Gasteiger partial charge in [0.25, 0.3) is 0 Å². The number of para-hydroxylation sites is 1. The summed E-state index contributed by atoms with van der Waals surface area (Å²) in [5.74, 6) is 0.519. The van der Waals surface area contributed by atoms with Gasteiger partial charge in [-0.05, 0) is 81.4 Å². The Morgan fingerprint density at radius 2 is 1.81 bits per heavy atom. The minimum atomic E-state index is 0. The minimum Gasteiger partial charge on any atom is -0.332 e. The van der Waals surface area contributed by atoms with Crippen molar-refractivity contribution in [2.45, 2.75) is 44.9 Å². The number of nitrogens with one attached hydrogen (secondary N) is 3. The van der Waals surface area contributed by atoms with Crippen LogP contribution in [0.2, 0.25) is 0 Å². The molecular formula is C24H32ClN5S. The van der Waals surface area contributed by atoms with Gasteiger partial charge in [-0.25, -0.2) is 0 Å². The smallest absolute Gasteiger partial charge is 0.175 e. The Morgan fingerprint density at radius 3 is 2.55 bits per heavy atom. The first-order valence-corrected chi connectivity index (χ1v) is 11.5. The number of likely N-dealkylation sites (tertiary alicyclic amines) is 1. The highest BCUT2D eigenvalue weighted by Gasteiger charge is 2.24. The molecule has 1 aliphatic rings. The Bertz CT molecular complexity index is 967. The number of hydrogen-bond acceptors (Lipinski definition) is 3. The number of fused-ring (bicyclic) bond motifs is 1. The summed E-state index contributed by atoms with van der Waals surface area (Å²) < 4.78 is 0. The molecule has 1 aliphatic heterocycles. The maximum atomic E-state index is 5.48. The summed E-state index contributed by atoms with van der Waals surface area (Å²) in [6.07, 6.45) is 6.30.